The van der Waals surface area contributed by atoms with Crippen molar-refractivity contribution in [3.8, 4) is 5.75 Å². The number of thiazole rings is 1. The molecule has 1 atom stereocenters. The Bertz CT molecular complexity index is 1480. The number of hydrogen-bond donors (Lipinski definition) is 1. The molecular formula is C26H22N2O5S. The number of benzene rings is 2. The summed E-state index contributed by atoms with van der Waals surface area (Å²) in [5, 5.41) is 11.6. The van der Waals surface area contributed by atoms with E-state index in [1.54, 1.807) is 37.4 Å². The second kappa shape index (κ2) is 8.14. The zero-order chi connectivity index (χ0) is 24.1. The largest absolute Gasteiger partial charge is 0.507 e. The number of methoxy groups -OCH3 is 1. The van der Waals surface area contributed by atoms with Gasteiger partial charge in [0.2, 0.25) is 0 Å². The van der Waals surface area contributed by atoms with Gasteiger partial charge in [-0.3, -0.25) is 14.5 Å². The average molecular weight is 475 g/mol. The number of amides is 1. The normalized spacial score (nSPS) is 17.6. The second-order valence-electron chi connectivity index (χ2n) is 8.29. The lowest BCUT2D eigenvalue weighted by Crippen LogP contribution is -2.29. The summed E-state index contributed by atoms with van der Waals surface area (Å²) < 4.78 is 11.8. The van der Waals surface area contributed by atoms with E-state index in [1.165, 1.54) is 22.5 Å². The van der Waals surface area contributed by atoms with E-state index >= 15 is 0 Å². The predicted octanol–water partition coefficient (Wildman–Crippen LogP) is 5.45. The van der Waals surface area contributed by atoms with Crippen molar-refractivity contribution in [3.63, 3.8) is 0 Å². The highest BCUT2D eigenvalue weighted by Crippen LogP contribution is 2.45. The van der Waals surface area contributed by atoms with Gasteiger partial charge in [0.1, 0.15) is 23.3 Å². The third-order valence-corrected chi connectivity index (χ3v) is 6.95. The summed E-state index contributed by atoms with van der Waals surface area (Å²) in [7, 11) is 1.56. The van der Waals surface area contributed by atoms with Crippen molar-refractivity contribution in [2.45, 2.75) is 26.8 Å². The van der Waals surface area contributed by atoms with Crippen LogP contribution in [0, 0.1) is 20.8 Å². The van der Waals surface area contributed by atoms with E-state index in [0.717, 1.165) is 26.9 Å². The van der Waals surface area contributed by atoms with Gasteiger partial charge in [0.25, 0.3) is 5.78 Å². The number of furan rings is 1. The van der Waals surface area contributed by atoms with Crippen LogP contribution >= 0.6 is 11.3 Å². The van der Waals surface area contributed by atoms with Crippen molar-refractivity contribution in [1.82, 2.24) is 4.98 Å². The maximum atomic E-state index is 13.3. The van der Waals surface area contributed by atoms with Crippen LogP contribution in [0.2, 0.25) is 0 Å². The first-order valence-corrected chi connectivity index (χ1v) is 11.5. The summed E-state index contributed by atoms with van der Waals surface area (Å²) in [5.74, 6) is -0.819. The highest BCUT2D eigenvalue weighted by Gasteiger charge is 2.49. The molecule has 1 aliphatic rings. The van der Waals surface area contributed by atoms with Crippen molar-refractivity contribution >= 4 is 44.1 Å². The molecule has 7 nitrogen and oxygen atoms in total. The fourth-order valence-corrected chi connectivity index (χ4v) is 5.56. The summed E-state index contributed by atoms with van der Waals surface area (Å²) in [6.45, 7) is 5.80. The molecule has 0 aliphatic carbocycles. The van der Waals surface area contributed by atoms with E-state index in [-0.39, 0.29) is 11.3 Å². The monoisotopic (exact) mass is 474 g/mol. The van der Waals surface area contributed by atoms with Crippen LogP contribution in [0.4, 0.5) is 5.13 Å². The van der Waals surface area contributed by atoms with E-state index in [1.807, 2.05) is 32.9 Å². The van der Waals surface area contributed by atoms with Crippen molar-refractivity contribution in [1.29, 1.82) is 0 Å². The lowest BCUT2D eigenvalue weighted by Gasteiger charge is -2.20. The number of rotatable bonds is 4. The van der Waals surface area contributed by atoms with Crippen LogP contribution in [0.25, 0.3) is 16.0 Å². The third kappa shape index (κ3) is 3.38. The molecule has 3 heterocycles. The first kappa shape index (κ1) is 21.9. The van der Waals surface area contributed by atoms with Crippen molar-refractivity contribution in [2.24, 2.45) is 0 Å². The van der Waals surface area contributed by atoms with Gasteiger partial charge in [-0.15, -0.1) is 0 Å². The molecular weight excluding hydrogens is 452 g/mol. The van der Waals surface area contributed by atoms with Gasteiger partial charge in [-0.2, -0.15) is 0 Å². The zero-order valence-corrected chi connectivity index (χ0v) is 19.9. The van der Waals surface area contributed by atoms with Gasteiger partial charge in [0.15, 0.2) is 5.13 Å². The minimum atomic E-state index is -0.945. The fraction of sp³-hybridized carbons (Fsp3) is 0.192. The van der Waals surface area contributed by atoms with Crippen molar-refractivity contribution < 1.29 is 23.8 Å². The highest BCUT2D eigenvalue weighted by atomic mass is 32.1. The van der Waals surface area contributed by atoms with Crippen LogP contribution in [-0.2, 0) is 9.59 Å². The van der Waals surface area contributed by atoms with Gasteiger partial charge < -0.3 is 14.3 Å². The number of aliphatic hydroxyl groups excluding tert-OH is 1. The highest BCUT2D eigenvalue weighted by molar-refractivity contribution is 7.22. The number of anilines is 1. The molecule has 1 saturated heterocycles. The molecule has 1 aliphatic heterocycles. The smallest absolute Gasteiger partial charge is 0.302 e. The van der Waals surface area contributed by atoms with Crippen molar-refractivity contribution in [3.05, 3.63) is 82.3 Å². The number of ketones is 1. The maximum absolute atomic E-state index is 13.3. The van der Waals surface area contributed by atoms with Crippen LogP contribution in [0.3, 0.4) is 0 Å². The first-order chi connectivity index (χ1) is 16.3. The molecule has 8 heteroatoms. The first-order valence-electron chi connectivity index (χ1n) is 10.7. The molecule has 1 amide bonds. The third-order valence-electron chi connectivity index (χ3n) is 5.95. The topological polar surface area (TPSA) is 92.9 Å². The number of carbonyl (C=O) groups is 2. The minimum Gasteiger partial charge on any atom is -0.507 e. The Morgan fingerprint density at radius 1 is 1.12 bits per heavy atom. The van der Waals surface area contributed by atoms with Crippen molar-refractivity contribution in [2.75, 3.05) is 12.0 Å². The second-order valence-corrected chi connectivity index (χ2v) is 9.30. The molecule has 1 fully saturated rings. The van der Waals surface area contributed by atoms with E-state index in [9.17, 15) is 14.7 Å². The molecule has 0 bridgehead atoms. The summed E-state index contributed by atoms with van der Waals surface area (Å²) in [6, 6.07) is 11.5. The summed E-state index contributed by atoms with van der Waals surface area (Å²) in [5.41, 5.74) is 3.99. The van der Waals surface area contributed by atoms with Gasteiger partial charge >= 0.3 is 5.91 Å². The Morgan fingerprint density at radius 2 is 1.91 bits per heavy atom. The quantitative estimate of drug-likeness (QED) is 0.240. The summed E-state index contributed by atoms with van der Waals surface area (Å²) >= 11 is 1.33. The maximum Gasteiger partial charge on any atom is 0.302 e. The summed E-state index contributed by atoms with van der Waals surface area (Å²) in [6.07, 6.45) is 1.47. The van der Waals surface area contributed by atoms with Crippen LogP contribution in [-0.4, -0.2) is 28.9 Å². The molecule has 2 aromatic carbocycles. The van der Waals surface area contributed by atoms with E-state index < -0.39 is 17.7 Å². The van der Waals surface area contributed by atoms with Crippen LogP contribution in [0.15, 0.2) is 58.7 Å². The molecule has 0 radical (unpaired) electrons. The Hall–Kier alpha value is -3.91. The Labute approximate surface area is 199 Å². The number of aryl methyl sites for hydroxylation is 3. The Morgan fingerprint density at radius 3 is 2.59 bits per heavy atom. The minimum absolute atomic E-state index is 0.0447. The van der Waals surface area contributed by atoms with Crippen LogP contribution in [0.1, 0.15) is 34.1 Å². The fourth-order valence-electron chi connectivity index (χ4n) is 4.39. The number of aromatic nitrogens is 1. The van der Waals surface area contributed by atoms with Gasteiger partial charge in [-0.1, -0.05) is 17.4 Å². The SMILES string of the molecule is COc1ccc(C(O)=C2C(=O)C(=O)N(c3nc4c(C)cc(C)cc4s3)[C@@H]2c2ccco2)cc1C. The number of fused-ring (bicyclic) bond motifs is 1. The number of nitrogens with zero attached hydrogens (tertiary/aromatic N) is 2. The van der Waals surface area contributed by atoms with Crippen LogP contribution in [0.5, 0.6) is 5.75 Å². The van der Waals surface area contributed by atoms with Gasteiger partial charge in [0, 0.05) is 5.56 Å². The number of carbonyl (C=O) groups excluding carboxylic acids is 2. The molecule has 172 valence electrons. The molecule has 4 aromatic rings. The van der Waals surface area contributed by atoms with Gasteiger partial charge in [-0.05, 0) is 73.9 Å². The average Bonchev–Trinajstić information content (AvgIpc) is 3.52. The molecule has 34 heavy (non-hydrogen) atoms. The Balaban J connectivity index is 1.71. The van der Waals surface area contributed by atoms with Crippen LogP contribution < -0.4 is 9.64 Å². The van der Waals surface area contributed by atoms with Gasteiger partial charge in [0.05, 0.1) is 29.2 Å². The van der Waals surface area contributed by atoms with E-state index in [0.29, 0.717) is 22.2 Å². The van der Waals surface area contributed by atoms with E-state index in [2.05, 4.69) is 0 Å². The number of Topliss-reactive ketones (excluding diaryl/α,β-unsaturated/α-hetero) is 1. The summed E-state index contributed by atoms with van der Waals surface area (Å²) in [4.78, 5) is 32.6. The standard InChI is InChI=1S/C26H22N2O5S/c1-13-10-15(3)21-19(11-13)34-26(27-21)28-22(18-6-5-9-33-18)20(24(30)25(28)31)23(29)16-7-8-17(32-4)14(2)12-16/h5-12,22,29H,1-4H3/t22-/m1/s1. The van der Waals surface area contributed by atoms with Gasteiger partial charge in [-0.25, -0.2) is 4.98 Å². The number of ether oxygens (including phenoxy) is 1. The van der Waals surface area contributed by atoms with E-state index in [4.69, 9.17) is 14.1 Å². The number of aliphatic hydroxyl groups is 1. The molecule has 0 saturated carbocycles. The molecule has 1 N–H and O–H groups in total. The molecule has 0 unspecified atom stereocenters. The lowest BCUT2D eigenvalue weighted by molar-refractivity contribution is -0.132. The molecule has 0 spiro atoms. The molecule has 5 rings (SSSR count). The zero-order valence-electron chi connectivity index (χ0n) is 19.1. The number of hydrogen-bond acceptors (Lipinski definition) is 7. The predicted molar refractivity (Wildman–Crippen MR) is 130 cm³/mol. The Kier molecular flexibility index (Phi) is 5.25. The molecule has 2 aromatic heterocycles. The lowest BCUT2D eigenvalue weighted by atomic mass is 9.98.